The van der Waals surface area contributed by atoms with Gasteiger partial charge in [0.2, 0.25) is 0 Å². The number of nitrogens with one attached hydrogen (secondary N) is 2. The van der Waals surface area contributed by atoms with Crippen LogP contribution in [0.3, 0.4) is 0 Å². The van der Waals surface area contributed by atoms with Crippen LogP contribution in [0.15, 0.2) is 42.5 Å². The van der Waals surface area contributed by atoms with Gasteiger partial charge in [-0.2, -0.15) is 0 Å². The zero-order valence-electron chi connectivity index (χ0n) is 11.7. The third kappa shape index (κ3) is 2.89. The van der Waals surface area contributed by atoms with E-state index in [-0.39, 0.29) is 11.8 Å². The van der Waals surface area contributed by atoms with E-state index in [4.69, 9.17) is 16.3 Å². The molecule has 22 heavy (non-hydrogen) atoms. The Labute approximate surface area is 132 Å². The number of rotatable bonds is 2. The molecule has 0 aliphatic carbocycles. The summed E-state index contributed by atoms with van der Waals surface area (Å²) in [5, 5.41) is 5.99. The second-order valence-corrected chi connectivity index (χ2v) is 5.36. The maximum absolute atomic E-state index is 12.2. The van der Waals surface area contributed by atoms with Crippen LogP contribution >= 0.6 is 11.6 Å². The number of hydrogen-bond donors (Lipinski definition) is 2. The van der Waals surface area contributed by atoms with Crippen LogP contribution in [0.4, 0.5) is 11.4 Å². The molecule has 0 saturated carbocycles. The van der Waals surface area contributed by atoms with Gasteiger partial charge in [-0.3, -0.25) is 9.59 Å². The van der Waals surface area contributed by atoms with Gasteiger partial charge in [-0.05, 0) is 43.3 Å². The van der Waals surface area contributed by atoms with E-state index in [1.54, 1.807) is 49.4 Å². The Morgan fingerprint density at radius 1 is 1.27 bits per heavy atom. The van der Waals surface area contributed by atoms with Crippen LogP contribution in [0, 0.1) is 0 Å². The molecule has 112 valence electrons. The molecule has 1 aliphatic heterocycles. The van der Waals surface area contributed by atoms with Crippen LogP contribution in [-0.4, -0.2) is 17.9 Å². The predicted molar refractivity (Wildman–Crippen MR) is 84.6 cm³/mol. The summed E-state index contributed by atoms with van der Waals surface area (Å²) < 4.78 is 5.46. The van der Waals surface area contributed by atoms with Gasteiger partial charge in [0.05, 0.1) is 5.69 Å². The van der Waals surface area contributed by atoms with Crippen molar-refractivity contribution >= 4 is 34.8 Å². The van der Waals surface area contributed by atoms with Crippen molar-refractivity contribution in [2.75, 3.05) is 10.6 Å². The minimum Gasteiger partial charge on any atom is -0.479 e. The van der Waals surface area contributed by atoms with Gasteiger partial charge in [0, 0.05) is 16.3 Å². The summed E-state index contributed by atoms with van der Waals surface area (Å²) in [6, 6.07) is 11.7. The van der Waals surface area contributed by atoms with Crippen LogP contribution < -0.4 is 15.4 Å². The van der Waals surface area contributed by atoms with Crippen molar-refractivity contribution in [3.8, 4) is 5.75 Å². The first kappa shape index (κ1) is 14.4. The van der Waals surface area contributed by atoms with Crippen molar-refractivity contribution in [3.63, 3.8) is 0 Å². The molecule has 1 aliphatic rings. The monoisotopic (exact) mass is 316 g/mol. The number of fused-ring (bicyclic) bond motifs is 1. The van der Waals surface area contributed by atoms with Gasteiger partial charge in [-0.15, -0.1) is 0 Å². The van der Waals surface area contributed by atoms with Gasteiger partial charge < -0.3 is 15.4 Å². The number of anilines is 2. The van der Waals surface area contributed by atoms with Crippen LogP contribution in [0.1, 0.15) is 17.3 Å². The van der Waals surface area contributed by atoms with Crippen molar-refractivity contribution in [1.82, 2.24) is 0 Å². The van der Waals surface area contributed by atoms with Gasteiger partial charge >= 0.3 is 0 Å². The van der Waals surface area contributed by atoms with Gasteiger partial charge in [0.25, 0.3) is 11.8 Å². The fourth-order valence-electron chi connectivity index (χ4n) is 2.12. The number of hydrogen-bond acceptors (Lipinski definition) is 3. The van der Waals surface area contributed by atoms with Crippen molar-refractivity contribution in [2.45, 2.75) is 13.0 Å². The van der Waals surface area contributed by atoms with E-state index < -0.39 is 6.10 Å². The Bertz CT molecular complexity index is 761. The van der Waals surface area contributed by atoms with Gasteiger partial charge in [-0.1, -0.05) is 17.7 Å². The van der Waals surface area contributed by atoms with Gasteiger partial charge in [0.15, 0.2) is 6.10 Å². The quantitative estimate of drug-likeness (QED) is 0.893. The smallest absolute Gasteiger partial charge is 0.265 e. The maximum Gasteiger partial charge on any atom is 0.265 e. The molecular weight excluding hydrogens is 304 g/mol. The SMILES string of the molecule is CC1Oc2ccc(NC(=O)c3cccc(Cl)c3)cc2NC1=O. The zero-order chi connectivity index (χ0) is 15.7. The molecule has 1 heterocycles. The molecule has 6 heteroatoms. The highest BCUT2D eigenvalue weighted by Gasteiger charge is 2.23. The normalized spacial score (nSPS) is 16.3. The molecule has 0 aromatic heterocycles. The van der Waals surface area contributed by atoms with E-state index in [2.05, 4.69) is 10.6 Å². The number of carbonyl (C=O) groups is 2. The molecule has 5 nitrogen and oxygen atoms in total. The lowest BCUT2D eigenvalue weighted by atomic mass is 10.2. The van der Waals surface area contributed by atoms with E-state index in [1.807, 2.05) is 0 Å². The molecule has 2 amide bonds. The Morgan fingerprint density at radius 2 is 2.09 bits per heavy atom. The average Bonchev–Trinajstić information content (AvgIpc) is 2.49. The molecule has 3 rings (SSSR count). The minimum atomic E-state index is -0.528. The molecule has 2 aromatic carbocycles. The summed E-state index contributed by atoms with van der Waals surface area (Å²) in [7, 11) is 0. The Kier molecular flexibility index (Phi) is 3.73. The van der Waals surface area contributed by atoms with Gasteiger partial charge in [0.1, 0.15) is 5.75 Å². The standard InChI is InChI=1S/C16H13ClN2O3/c1-9-15(20)19-13-8-12(5-6-14(13)22-9)18-16(21)10-3-2-4-11(17)7-10/h2-9H,1H3,(H,18,21)(H,19,20). The molecular formula is C16H13ClN2O3. The van der Waals surface area contributed by atoms with E-state index >= 15 is 0 Å². The Hall–Kier alpha value is -2.53. The van der Waals surface area contributed by atoms with Crippen LogP contribution in [0.25, 0.3) is 0 Å². The van der Waals surface area contributed by atoms with Gasteiger partial charge in [-0.25, -0.2) is 0 Å². The summed E-state index contributed by atoms with van der Waals surface area (Å²) >= 11 is 5.87. The molecule has 2 N–H and O–H groups in total. The lowest BCUT2D eigenvalue weighted by molar-refractivity contribution is -0.122. The lowest BCUT2D eigenvalue weighted by Gasteiger charge is -2.23. The topological polar surface area (TPSA) is 67.4 Å². The van der Waals surface area contributed by atoms with E-state index in [9.17, 15) is 9.59 Å². The highest BCUT2D eigenvalue weighted by molar-refractivity contribution is 6.31. The summed E-state index contributed by atoms with van der Waals surface area (Å²) in [6.45, 7) is 1.67. The van der Waals surface area contributed by atoms with E-state index in [0.717, 1.165) is 0 Å². The highest BCUT2D eigenvalue weighted by Crippen LogP contribution is 2.32. The second-order valence-electron chi connectivity index (χ2n) is 4.92. The predicted octanol–water partition coefficient (Wildman–Crippen LogP) is 3.31. The molecule has 0 bridgehead atoms. The van der Waals surface area contributed by atoms with E-state index in [0.29, 0.717) is 27.7 Å². The van der Waals surface area contributed by atoms with Crippen molar-refractivity contribution in [3.05, 3.63) is 53.1 Å². The summed E-state index contributed by atoms with van der Waals surface area (Å²) in [5.41, 5.74) is 1.55. The molecule has 2 aromatic rings. The number of ether oxygens (including phenoxy) is 1. The molecule has 1 atom stereocenters. The molecule has 1 unspecified atom stereocenters. The first-order chi connectivity index (χ1) is 10.5. The third-order valence-electron chi connectivity index (χ3n) is 3.26. The lowest BCUT2D eigenvalue weighted by Crippen LogP contribution is -2.34. The van der Waals surface area contributed by atoms with Crippen LogP contribution in [-0.2, 0) is 4.79 Å². The number of halogens is 1. The van der Waals surface area contributed by atoms with Crippen molar-refractivity contribution in [1.29, 1.82) is 0 Å². The first-order valence-corrected chi connectivity index (χ1v) is 7.09. The molecule has 0 fully saturated rings. The Balaban J connectivity index is 1.80. The molecule has 0 radical (unpaired) electrons. The van der Waals surface area contributed by atoms with Crippen molar-refractivity contribution < 1.29 is 14.3 Å². The summed E-state index contributed by atoms with van der Waals surface area (Å²) in [5.74, 6) is 0.0811. The zero-order valence-corrected chi connectivity index (χ0v) is 12.5. The molecule has 0 spiro atoms. The van der Waals surface area contributed by atoms with Crippen LogP contribution in [0.2, 0.25) is 5.02 Å². The number of carbonyl (C=O) groups excluding carboxylic acids is 2. The average molecular weight is 317 g/mol. The summed E-state index contributed by atoms with van der Waals surface area (Å²) in [6.07, 6.45) is -0.528. The van der Waals surface area contributed by atoms with E-state index in [1.165, 1.54) is 0 Å². The summed E-state index contributed by atoms with van der Waals surface area (Å²) in [4.78, 5) is 23.8. The highest BCUT2D eigenvalue weighted by atomic mass is 35.5. The third-order valence-corrected chi connectivity index (χ3v) is 3.49. The minimum absolute atomic E-state index is 0.217. The fraction of sp³-hybridized carbons (Fsp3) is 0.125. The second kappa shape index (κ2) is 5.69. The largest absolute Gasteiger partial charge is 0.479 e. The van der Waals surface area contributed by atoms with Crippen molar-refractivity contribution in [2.24, 2.45) is 0 Å². The fourth-order valence-corrected chi connectivity index (χ4v) is 2.31. The maximum atomic E-state index is 12.2. The molecule has 0 saturated heterocycles. The van der Waals surface area contributed by atoms with Crippen LogP contribution in [0.5, 0.6) is 5.75 Å². The number of amides is 2. The number of benzene rings is 2. The first-order valence-electron chi connectivity index (χ1n) is 6.71. The Morgan fingerprint density at radius 3 is 2.86 bits per heavy atom.